The Balaban J connectivity index is 3.83. The van der Waals surface area contributed by atoms with E-state index in [9.17, 15) is 4.79 Å². The van der Waals surface area contributed by atoms with Crippen molar-refractivity contribution in [3.8, 4) is 0 Å². The van der Waals surface area contributed by atoms with Gasteiger partial charge in [0.1, 0.15) is 0 Å². The van der Waals surface area contributed by atoms with E-state index in [-0.39, 0.29) is 5.53 Å². The Morgan fingerprint density at radius 3 is 2.06 bits per heavy atom. The summed E-state index contributed by atoms with van der Waals surface area (Å²) in [5.74, 6) is 0. The first kappa shape index (κ1) is 16.5. The maximum absolute atomic E-state index is 11.8. The van der Waals surface area contributed by atoms with Gasteiger partial charge in [-0.3, -0.25) is 4.79 Å². The topological polar surface area (TPSA) is 82.8 Å². The third-order valence-corrected chi connectivity index (χ3v) is 4.85. The lowest BCUT2D eigenvalue weighted by Gasteiger charge is -2.22. The van der Waals surface area contributed by atoms with Gasteiger partial charge in [-0.2, -0.15) is 0 Å². The van der Waals surface area contributed by atoms with Gasteiger partial charge in [-0.1, -0.05) is 12.8 Å². The molecule has 0 radical (unpaired) electrons. The maximum atomic E-state index is 11.8. The van der Waals surface area contributed by atoms with Crippen LogP contribution in [0.5, 0.6) is 0 Å². The smallest absolute Gasteiger partial charge is 0.371 e. The van der Waals surface area contributed by atoms with E-state index in [0.717, 1.165) is 32.2 Å². The molecule has 0 aromatic heterocycles. The molecule has 3 N–H and O–H groups in total. The highest BCUT2D eigenvalue weighted by atomic mass is 28.4. The molecule has 0 aromatic rings. The zero-order valence-corrected chi connectivity index (χ0v) is 12.0. The van der Waals surface area contributed by atoms with Crippen LogP contribution in [0.25, 0.3) is 0 Å². The van der Waals surface area contributed by atoms with E-state index in [4.69, 9.17) is 19.0 Å². The van der Waals surface area contributed by atoms with E-state index in [1.165, 1.54) is 21.3 Å². The standard InChI is InChI=1S/C10H24N2O4Si/c1-14-17(15-2,16-3)10(13)12-9-7-5-4-6-8-11/h4-9,11H2,1-3H3,(H,12,13). The van der Waals surface area contributed by atoms with Crippen molar-refractivity contribution in [1.82, 2.24) is 5.32 Å². The lowest BCUT2D eigenvalue weighted by molar-refractivity contribution is 0.128. The number of rotatable bonds is 10. The second kappa shape index (κ2) is 9.55. The molecule has 0 fully saturated rings. The third-order valence-electron chi connectivity index (χ3n) is 2.50. The van der Waals surface area contributed by atoms with Gasteiger partial charge in [0.2, 0.25) is 0 Å². The van der Waals surface area contributed by atoms with Crippen LogP contribution in [-0.4, -0.2) is 48.8 Å². The van der Waals surface area contributed by atoms with Crippen LogP contribution in [0, 0.1) is 0 Å². The predicted octanol–water partition coefficient (Wildman–Crippen LogP) is 0.675. The van der Waals surface area contributed by atoms with Gasteiger partial charge >= 0.3 is 8.80 Å². The highest BCUT2D eigenvalue weighted by Gasteiger charge is 2.47. The van der Waals surface area contributed by atoms with E-state index in [1.807, 2.05) is 0 Å². The summed E-state index contributed by atoms with van der Waals surface area (Å²) in [5.41, 5.74) is 5.10. The Kier molecular flexibility index (Phi) is 9.28. The number of unbranched alkanes of at least 4 members (excludes halogenated alkanes) is 3. The van der Waals surface area contributed by atoms with Crippen LogP contribution in [0.1, 0.15) is 25.7 Å². The van der Waals surface area contributed by atoms with E-state index in [1.54, 1.807) is 0 Å². The summed E-state index contributed by atoms with van der Waals surface area (Å²) in [6.07, 6.45) is 4.10. The molecule has 0 aliphatic rings. The molecule has 102 valence electrons. The Morgan fingerprint density at radius 2 is 1.59 bits per heavy atom. The third kappa shape index (κ3) is 5.60. The molecule has 0 heterocycles. The van der Waals surface area contributed by atoms with E-state index in [2.05, 4.69) is 5.32 Å². The molecule has 6 nitrogen and oxygen atoms in total. The average Bonchev–Trinajstić information content (AvgIpc) is 2.36. The first-order chi connectivity index (χ1) is 8.16. The van der Waals surface area contributed by atoms with Gasteiger partial charge in [0.15, 0.2) is 0 Å². The van der Waals surface area contributed by atoms with Crippen LogP contribution in [0.4, 0.5) is 4.79 Å². The number of carbonyl (C=O) groups is 1. The predicted molar refractivity (Wildman–Crippen MR) is 67.7 cm³/mol. The van der Waals surface area contributed by atoms with E-state index >= 15 is 0 Å². The van der Waals surface area contributed by atoms with Crippen LogP contribution >= 0.6 is 0 Å². The number of amides is 1. The highest BCUT2D eigenvalue weighted by molar-refractivity contribution is 6.91. The molecule has 0 spiro atoms. The van der Waals surface area contributed by atoms with Crippen LogP contribution in [0.15, 0.2) is 0 Å². The number of nitrogens with one attached hydrogen (secondary N) is 1. The molecule has 7 heteroatoms. The second-order valence-corrected chi connectivity index (χ2v) is 6.42. The monoisotopic (exact) mass is 264 g/mol. The molecule has 0 atom stereocenters. The Hall–Kier alpha value is -0.473. The molecule has 0 saturated heterocycles. The molecule has 1 amide bonds. The first-order valence-electron chi connectivity index (χ1n) is 5.80. The minimum Gasteiger partial charge on any atom is -0.371 e. The van der Waals surface area contributed by atoms with Crippen molar-refractivity contribution in [3.63, 3.8) is 0 Å². The minimum atomic E-state index is -3.17. The number of hydrogen-bond donors (Lipinski definition) is 2. The summed E-state index contributed by atoms with van der Waals surface area (Å²) in [4.78, 5) is 11.8. The number of carbonyl (C=O) groups excluding carboxylic acids is 1. The summed E-state index contributed by atoms with van der Waals surface area (Å²) in [7, 11) is 1.08. The molecule has 0 aromatic carbocycles. The lowest BCUT2D eigenvalue weighted by atomic mass is 10.2. The van der Waals surface area contributed by atoms with Gasteiger partial charge in [0.25, 0.3) is 5.53 Å². The van der Waals surface area contributed by atoms with Crippen molar-refractivity contribution in [2.75, 3.05) is 34.4 Å². The Bertz CT molecular complexity index is 204. The van der Waals surface area contributed by atoms with Crippen molar-refractivity contribution in [2.45, 2.75) is 25.7 Å². The fraction of sp³-hybridized carbons (Fsp3) is 0.900. The molecule has 0 unspecified atom stereocenters. The van der Waals surface area contributed by atoms with Gasteiger partial charge in [-0.05, 0) is 19.4 Å². The zero-order chi connectivity index (χ0) is 13.1. The van der Waals surface area contributed by atoms with Crippen LogP contribution in [0.2, 0.25) is 0 Å². The van der Waals surface area contributed by atoms with Crippen molar-refractivity contribution in [2.24, 2.45) is 5.73 Å². The van der Waals surface area contributed by atoms with Gasteiger partial charge in [-0.15, -0.1) is 0 Å². The van der Waals surface area contributed by atoms with Gasteiger partial charge in [-0.25, -0.2) is 0 Å². The second-order valence-electron chi connectivity index (χ2n) is 3.63. The average molecular weight is 264 g/mol. The van der Waals surface area contributed by atoms with Crippen molar-refractivity contribution in [3.05, 3.63) is 0 Å². The number of nitrogens with two attached hydrogens (primary N) is 1. The lowest BCUT2D eigenvalue weighted by Crippen LogP contribution is -2.56. The van der Waals surface area contributed by atoms with E-state index in [0.29, 0.717) is 6.54 Å². The van der Waals surface area contributed by atoms with Gasteiger partial charge in [0.05, 0.1) is 0 Å². The molecular weight excluding hydrogens is 240 g/mol. The van der Waals surface area contributed by atoms with Crippen LogP contribution in [0.3, 0.4) is 0 Å². The van der Waals surface area contributed by atoms with Crippen LogP contribution in [-0.2, 0) is 13.3 Å². The Morgan fingerprint density at radius 1 is 1.06 bits per heavy atom. The number of hydrogen-bond acceptors (Lipinski definition) is 5. The normalized spacial score (nSPS) is 11.5. The fourth-order valence-corrected chi connectivity index (χ4v) is 2.86. The molecule has 0 aliphatic carbocycles. The molecule has 0 aliphatic heterocycles. The first-order valence-corrected chi connectivity index (χ1v) is 7.53. The summed E-state index contributed by atoms with van der Waals surface area (Å²) >= 11 is 0. The molecule has 0 bridgehead atoms. The van der Waals surface area contributed by atoms with E-state index < -0.39 is 8.80 Å². The minimum absolute atomic E-state index is 0.288. The summed E-state index contributed by atoms with van der Waals surface area (Å²) in [6, 6.07) is 0. The molecule has 17 heavy (non-hydrogen) atoms. The quantitative estimate of drug-likeness (QED) is 0.448. The van der Waals surface area contributed by atoms with Crippen LogP contribution < -0.4 is 11.1 Å². The summed E-state index contributed by atoms with van der Waals surface area (Å²) < 4.78 is 15.2. The summed E-state index contributed by atoms with van der Waals surface area (Å²) in [5, 5.41) is 2.77. The maximum Gasteiger partial charge on any atom is 0.596 e. The largest absolute Gasteiger partial charge is 0.596 e. The zero-order valence-electron chi connectivity index (χ0n) is 11.0. The SMILES string of the molecule is CO[Si](OC)(OC)C(=O)NCCCCCCN. The van der Waals surface area contributed by atoms with Crippen molar-refractivity contribution < 1.29 is 18.1 Å². The van der Waals surface area contributed by atoms with Crippen molar-refractivity contribution in [1.29, 1.82) is 0 Å². The van der Waals surface area contributed by atoms with Crippen molar-refractivity contribution >= 4 is 14.3 Å². The fourth-order valence-electron chi connectivity index (χ4n) is 1.46. The molecule has 0 saturated carbocycles. The Labute approximate surface area is 104 Å². The summed E-state index contributed by atoms with van der Waals surface area (Å²) in [6.45, 7) is 1.33. The molecular formula is C10H24N2O4Si. The highest BCUT2D eigenvalue weighted by Crippen LogP contribution is 2.07. The molecule has 0 rings (SSSR count). The van der Waals surface area contributed by atoms with Gasteiger partial charge < -0.3 is 24.3 Å². The van der Waals surface area contributed by atoms with Gasteiger partial charge in [0, 0.05) is 27.9 Å².